The normalized spacial score (nSPS) is 20.1. The quantitative estimate of drug-likeness (QED) is 0.832. The molecule has 0 N–H and O–H groups in total. The van der Waals surface area contributed by atoms with Crippen molar-refractivity contribution in [3.63, 3.8) is 0 Å². The van der Waals surface area contributed by atoms with Crippen molar-refractivity contribution < 1.29 is 4.74 Å². The van der Waals surface area contributed by atoms with Gasteiger partial charge in [0.05, 0.1) is 19.3 Å². The second kappa shape index (κ2) is 5.04. The molecule has 2 aromatic rings. The molecule has 1 aromatic heterocycles. The molecule has 0 aliphatic carbocycles. The second-order valence-electron chi connectivity index (χ2n) is 4.38. The molecule has 3 rings (SSSR count). The Morgan fingerprint density at radius 3 is 2.94 bits per heavy atom. The predicted molar refractivity (Wildman–Crippen MR) is 73.0 cm³/mol. The van der Waals surface area contributed by atoms with E-state index in [0.717, 1.165) is 36.3 Å². The maximum absolute atomic E-state index is 5.44. The zero-order chi connectivity index (χ0) is 12.4. The van der Waals surface area contributed by atoms with Crippen LogP contribution in [0.4, 0.5) is 5.13 Å². The summed E-state index contributed by atoms with van der Waals surface area (Å²) >= 11 is 1.46. The van der Waals surface area contributed by atoms with Gasteiger partial charge in [0.2, 0.25) is 5.13 Å². The fraction of sp³-hybridized carbons (Fsp3) is 0.385. The van der Waals surface area contributed by atoms with Crippen molar-refractivity contribution in [2.24, 2.45) is 0 Å². The van der Waals surface area contributed by atoms with E-state index in [0.29, 0.717) is 6.04 Å². The van der Waals surface area contributed by atoms with E-state index >= 15 is 0 Å². The first kappa shape index (κ1) is 11.6. The fourth-order valence-corrected chi connectivity index (χ4v) is 2.87. The topological polar surface area (TPSA) is 38.2 Å². The highest BCUT2D eigenvalue weighted by molar-refractivity contribution is 7.09. The van der Waals surface area contributed by atoms with Crippen LogP contribution in [0.25, 0.3) is 11.4 Å². The van der Waals surface area contributed by atoms with Gasteiger partial charge in [-0.3, -0.25) is 0 Å². The van der Waals surface area contributed by atoms with Gasteiger partial charge in [-0.05, 0) is 6.92 Å². The summed E-state index contributed by atoms with van der Waals surface area (Å²) in [5, 5.41) is 0.990. The van der Waals surface area contributed by atoms with E-state index in [9.17, 15) is 0 Å². The molecule has 94 valence electrons. The zero-order valence-electron chi connectivity index (χ0n) is 10.2. The molecule has 1 atom stereocenters. The number of ether oxygens (including phenoxy) is 1. The average Bonchev–Trinajstić information content (AvgIpc) is 2.90. The summed E-state index contributed by atoms with van der Waals surface area (Å²) in [6.45, 7) is 4.58. The molecule has 1 unspecified atom stereocenters. The molecule has 0 spiro atoms. The van der Waals surface area contributed by atoms with Gasteiger partial charge >= 0.3 is 0 Å². The Morgan fingerprint density at radius 2 is 2.17 bits per heavy atom. The maximum atomic E-state index is 5.44. The van der Waals surface area contributed by atoms with Crippen molar-refractivity contribution in [2.75, 3.05) is 24.7 Å². The number of hydrogen-bond acceptors (Lipinski definition) is 5. The van der Waals surface area contributed by atoms with Gasteiger partial charge in [-0.25, -0.2) is 0 Å². The minimum atomic E-state index is 0.371. The van der Waals surface area contributed by atoms with Gasteiger partial charge in [0, 0.05) is 23.6 Å². The fourth-order valence-electron chi connectivity index (χ4n) is 2.05. The van der Waals surface area contributed by atoms with E-state index in [1.807, 2.05) is 30.3 Å². The molecular formula is C13H15N3OS. The van der Waals surface area contributed by atoms with Crippen molar-refractivity contribution in [1.29, 1.82) is 0 Å². The lowest BCUT2D eigenvalue weighted by atomic mass is 10.2. The third-order valence-corrected chi connectivity index (χ3v) is 3.81. The molecule has 1 aliphatic rings. The summed E-state index contributed by atoms with van der Waals surface area (Å²) in [6.07, 6.45) is 0. The molecular weight excluding hydrogens is 246 g/mol. The van der Waals surface area contributed by atoms with Crippen LogP contribution < -0.4 is 4.90 Å². The Bertz CT molecular complexity index is 514. The van der Waals surface area contributed by atoms with Crippen molar-refractivity contribution >= 4 is 16.7 Å². The molecule has 5 heteroatoms. The molecule has 1 saturated heterocycles. The van der Waals surface area contributed by atoms with Crippen molar-refractivity contribution in [1.82, 2.24) is 9.36 Å². The highest BCUT2D eigenvalue weighted by Gasteiger charge is 2.22. The smallest absolute Gasteiger partial charge is 0.205 e. The number of rotatable bonds is 2. The van der Waals surface area contributed by atoms with E-state index in [1.165, 1.54) is 11.5 Å². The molecule has 18 heavy (non-hydrogen) atoms. The molecule has 1 aliphatic heterocycles. The van der Waals surface area contributed by atoms with E-state index in [2.05, 4.69) is 21.2 Å². The Balaban J connectivity index is 1.85. The van der Waals surface area contributed by atoms with Gasteiger partial charge in [0.15, 0.2) is 5.82 Å². The third kappa shape index (κ3) is 2.23. The van der Waals surface area contributed by atoms with Crippen LogP contribution in [-0.4, -0.2) is 35.2 Å². The van der Waals surface area contributed by atoms with Gasteiger partial charge in [-0.15, -0.1) is 0 Å². The van der Waals surface area contributed by atoms with E-state index in [-0.39, 0.29) is 0 Å². The first-order chi connectivity index (χ1) is 8.84. The van der Waals surface area contributed by atoms with Crippen LogP contribution in [0.15, 0.2) is 30.3 Å². The predicted octanol–water partition coefficient (Wildman–Crippen LogP) is 2.43. The van der Waals surface area contributed by atoms with Crippen molar-refractivity contribution in [3.05, 3.63) is 30.3 Å². The highest BCUT2D eigenvalue weighted by Crippen LogP contribution is 2.26. The largest absolute Gasteiger partial charge is 0.377 e. The van der Waals surface area contributed by atoms with Gasteiger partial charge in [0.1, 0.15) is 0 Å². The molecule has 1 fully saturated rings. The summed E-state index contributed by atoms with van der Waals surface area (Å²) in [4.78, 5) is 6.90. The first-order valence-corrected chi connectivity index (χ1v) is 6.85. The molecule has 0 saturated carbocycles. The monoisotopic (exact) mass is 261 g/mol. The Kier molecular flexibility index (Phi) is 3.25. The summed E-state index contributed by atoms with van der Waals surface area (Å²) < 4.78 is 9.88. The maximum Gasteiger partial charge on any atom is 0.205 e. The van der Waals surface area contributed by atoms with Gasteiger partial charge in [0.25, 0.3) is 0 Å². The average molecular weight is 261 g/mol. The molecule has 0 bridgehead atoms. The zero-order valence-corrected chi connectivity index (χ0v) is 11.1. The summed E-state index contributed by atoms with van der Waals surface area (Å²) in [5.41, 5.74) is 1.07. The molecule has 0 radical (unpaired) electrons. The number of morpholine rings is 1. The van der Waals surface area contributed by atoms with E-state index in [4.69, 9.17) is 4.74 Å². The summed E-state index contributed by atoms with van der Waals surface area (Å²) in [7, 11) is 0. The molecule has 0 amide bonds. The number of hydrogen-bond donors (Lipinski definition) is 0. The lowest BCUT2D eigenvalue weighted by Gasteiger charge is -2.32. The summed E-state index contributed by atoms with van der Waals surface area (Å²) in [5.74, 6) is 0.814. The van der Waals surface area contributed by atoms with Gasteiger partial charge in [-0.2, -0.15) is 9.36 Å². The van der Waals surface area contributed by atoms with E-state index < -0.39 is 0 Å². The second-order valence-corrected chi connectivity index (χ2v) is 5.11. The first-order valence-electron chi connectivity index (χ1n) is 6.08. The minimum absolute atomic E-state index is 0.371. The van der Waals surface area contributed by atoms with Crippen LogP contribution in [0.1, 0.15) is 6.92 Å². The Labute approximate surface area is 110 Å². The molecule has 2 heterocycles. The van der Waals surface area contributed by atoms with Crippen molar-refractivity contribution in [3.8, 4) is 11.4 Å². The lowest BCUT2D eigenvalue weighted by Crippen LogP contribution is -2.43. The SMILES string of the molecule is CC1COCCN1c1nc(-c2ccccc2)ns1. The summed E-state index contributed by atoms with van der Waals surface area (Å²) in [6, 6.07) is 10.5. The lowest BCUT2D eigenvalue weighted by molar-refractivity contribution is 0.0989. The Hall–Kier alpha value is -1.46. The number of aromatic nitrogens is 2. The van der Waals surface area contributed by atoms with Crippen LogP contribution in [0.5, 0.6) is 0 Å². The number of benzene rings is 1. The van der Waals surface area contributed by atoms with Crippen LogP contribution in [0.3, 0.4) is 0 Å². The minimum Gasteiger partial charge on any atom is -0.377 e. The standard InChI is InChI=1S/C13H15N3OS/c1-10-9-17-8-7-16(10)13-14-12(15-18-13)11-5-3-2-4-6-11/h2-6,10H,7-9H2,1H3. The third-order valence-electron chi connectivity index (χ3n) is 3.06. The van der Waals surface area contributed by atoms with Crippen LogP contribution in [0, 0.1) is 0 Å². The van der Waals surface area contributed by atoms with Gasteiger partial charge < -0.3 is 9.64 Å². The van der Waals surface area contributed by atoms with Crippen LogP contribution in [0.2, 0.25) is 0 Å². The molecule has 4 nitrogen and oxygen atoms in total. The van der Waals surface area contributed by atoms with Crippen LogP contribution >= 0.6 is 11.5 Å². The molecule has 1 aromatic carbocycles. The highest BCUT2D eigenvalue weighted by atomic mass is 32.1. The van der Waals surface area contributed by atoms with Crippen molar-refractivity contribution in [2.45, 2.75) is 13.0 Å². The number of anilines is 1. The van der Waals surface area contributed by atoms with E-state index in [1.54, 1.807) is 0 Å². The Morgan fingerprint density at radius 1 is 1.33 bits per heavy atom. The van der Waals surface area contributed by atoms with Gasteiger partial charge in [-0.1, -0.05) is 30.3 Å². The number of nitrogens with zero attached hydrogens (tertiary/aromatic N) is 3. The van der Waals surface area contributed by atoms with Crippen LogP contribution in [-0.2, 0) is 4.74 Å².